The number of nitrogens with zero attached hydrogens (tertiary/aromatic N) is 2. The Hall–Kier alpha value is -3.22. The molecule has 1 amide bonds. The lowest BCUT2D eigenvalue weighted by molar-refractivity contribution is -0.121. The van der Waals surface area contributed by atoms with Gasteiger partial charge in [-0.05, 0) is 55.9 Å². The van der Waals surface area contributed by atoms with Crippen molar-refractivity contribution < 1.29 is 14.3 Å². The minimum atomic E-state index is -0.0128. The molecule has 1 aliphatic carbocycles. The standard InChI is InChI=1S/C24H29N3O4/c1-26-21-12-11-20(31-3)14-22(21)27(24(26)29)15-16-7-9-17(10-8-16)23(28)25-18-5-4-6-19(13-18)30-2/h4-6,11-14,16-17H,7-10,15H2,1-3H3,(H,25,28). The molecule has 0 aliphatic heterocycles. The number of amides is 1. The van der Waals surface area contributed by atoms with E-state index in [0.29, 0.717) is 12.5 Å². The van der Waals surface area contributed by atoms with Crippen LogP contribution in [-0.2, 0) is 18.4 Å². The van der Waals surface area contributed by atoms with Crippen molar-refractivity contribution in [3.8, 4) is 11.5 Å². The van der Waals surface area contributed by atoms with E-state index in [-0.39, 0.29) is 17.5 Å². The molecule has 1 saturated carbocycles. The van der Waals surface area contributed by atoms with E-state index in [1.165, 1.54) is 0 Å². The quantitative estimate of drug-likeness (QED) is 0.654. The van der Waals surface area contributed by atoms with E-state index in [1.807, 2.05) is 47.0 Å². The van der Waals surface area contributed by atoms with Crippen molar-refractivity contribution in [2.75, 3.05) is 19.5 Å². The van der Waals surface area contributed by atoms with Crippen LogP contribution in [0.1, 0.15) is 25.7 Å². The van der Waals surface area contributed by atoms with Crippen molar-refractivity contribution in [1.82, 2.24) is 9.13 Å². The zero-order valence-corrected chi connectivity index (χ0v) is 18.3. The molecule has 4 rings (SSSR count). The summed E-state index contributed by atoms with van der Waals surface area (Å²) in [5.74, 6) is 1.88. The molecule has 7 nitrogen and oxygen atoms in total. The van der Waals surface area contributed by atoms with Crippen molar-refractivity contribution >= 4 is 22.6 Å². The van der Waals surface area contributed by atoms with E-state index in [4.69, 9.17) is 9.47 Å². The van der Waals surface area contributed by atoms with Crippen LogP contribution in [-0.4, -0.2) is 29.3 Å². The lowest BCUT2D eigenvalue weighted by atomic mass is 9.81. The van der Waals surface area contributed by atoms with Crippen molar-refractivity contribution in [3.05, 3.63) is 52.9 Å². The van der Waals surface area contributed by atoms with Crippen LogP contribution in [0.3, 0.4) is 0 Å². The second-order valence-corrected chi connectivity index (χ2v) is 8.25. The maximum absolute atomic E-state index is 12.8. The van der Waals surface area contributed by atoms with Gasteiger partial charge in [0.05, 0.1) is 25.3 Å². The summed E-state index contributed by atoms with van der Waals surface area (Å²) in [4.78, 5) is 25.5. The third-order valence-corrected chi connectivity index (χ3v) is 6.35. The predicted octanol–water partition coefficient (Wildman–Crippen LogP) is 3.80. The van der Waals surface area contributed by atoms with E-state index in [2.05, 4.69) is 5.32 Å². The van der Waals surface area contributed by atoms with Crippen LogP contribution in [0.25, 0.3) is 11.0 Å². The Morgan fingerprint density at radius 3 is 2.42 bits per heavy atom. The molecule has 164 valence electrons. The molecular weight excluding hydrogens is 394 g/mol. The summed E-state index contributed by atoms with van der Waals surface area (Å²) < 4.78 is 14.1. The number of benzene rings is 2. The fourth-order valence-electron chi connectivity index (χ4n) is 4.50. The third-order valence-electron chi connectivity index (χ3n) is 6.35. The Kier molecular flexibility index (Phi) is 6.02. The van der Waals surface area contributed by atoms with Gasteiger partial charge in [-0.15, -0.1) is 0 Å². The van der Waals surface area contributed by atoms with Crippen LogP contribution in [0.4, 0.5) is 5.69 Å². The maximum atomic E-state index is 12.8. The molecule has 1 aromatic heterocycles. The van der Waals surface area contributed by atoms with Gasteiger partial charge in [-0.25, -0.2) is 4.79 Å². The minimum Gasteiger partial charge on any atom is -0.497 e. The smallest absolute Gasteiger partial charge is 0.328 e. The first-order valence-corrected chi connectivity index (χ1v) is 10.7. The molecule has 1 aliphatic rings. The molecule has 31 heavy (non-hydrogen) atoms. The number of fused-ring (bicyclic) bond motifs is 1. The molecule has 7 heteroatoms. The summed E-state index contributed by atoms with van der Waals surface area (Å²) in [5, 5.41) is 3.01. The van der Waals surface area contributed by atoms with Gasteiger partial charge in [0, 0.05) is 37.3 Å². The number of aryl methyl sites for hydroxylation is 1. The fourth-order valence-corrected chi connectivity index (χ4v) is 4.50. The lowest BCUT2D eigenvalue weighted by Crippen LogP contribution is -2.30. The number of hydrogen-bond donors (Lipinski definition) is 1. The second-order valence-electron chi connectivity index (χ2n) is 8.25. The van der Waals surface area contributed by atoms with Crippen molar-refractivity contribution in [1.29, 1.82) is 0 Å². The number of aromatic nitrogens is 2. The highest BCUT2D eigenvalue weighted by Crippen LogP contribution is 2.32. The summed E-state index contributed by atoms with van der Waals surface area (Å²) in [6.45, 7) is 0.660. The molecule has 1 heterocycles. The van der Waals surface area contributed by atoms with Crippen LogP contribution < -0.4 is 20.5 Å². The SMILES string of the molecule is COc1cccc(NC(=O)C2CCC(Cn3c(=O)n(C)c4ccc(OC)cc43)CC2)c1. The third kappa shape index (κ3) is 4.31. The molecule has 3 aromatic rings. The van der Waals surface area contributed by atoms with Crippen LogP contribution >= 0.6 is 0 Å². The number of imidazole rings is 1. The average molecular weight is 424 g/mol. The molecule has 0 radical (unpaired) electrons. The topological polar surface area (TPSA) is 74.5 Å². The molecule has 1 fully saturated rings. The number of hydrogen-bond acceptors (Lipinski definition) is 4. The van der Waals surface area contributed by atoms with Gasteiger partial charge < -0.3 is 14.8 Å². The molecule has 2 aromatic carbocycles. The van der Waals surface area contributed by atoms with E-state index in [0.717, 1.165) is 53.9 Å². The van der Waals surface area contributed by atoms with Crippen LogP contribution in [0.2, 0.25) is 0 Å². The summed E-state index contributed by atoms with van der Waals surface area (Å²) in [7, 11) is 5.04. The van der Waals surface area contributed by atoms with Gasteiger partial charge in [0.15, 0.2) is 0 Å². The van der Waals surface area contributed by atoms with E-state index in [1.54, 1.807) is 25.8 Å². The van der Waals surface area contributed by atoms with Gasteiger partial charge >= 0.3 is 5.69 Å². The Balaban J connectivity index is 1.41. The number of methoxy groups -OCH3 is 2. The maximum Gasteiger partial charge on any atom is 0.328 e. The monoisotopic (exact) mass is 423 g/mol. The molecule has 0 atom stereocenters. The number of ether oxygens (including phenoxy) is 2. The number of nitrogens with one attached hydrogen (secondary N) is 1. The highest BCUT2D eigenvalue weighted by Gasteiger charge is 2.27. The highest BCUT2D eigenvalue weighted by atomic mass is 16.5. The molecule has 0 unspecified atom stereocenters. The Morgan fingerprint density at radius 2 is 1.71 bits per heavy atom. The van der Waals surface area contributed by atoms with E-state index < -0.39 is 0 Å². The fraction of sp³-hybridized carbons (Fsp3) is 0.417. The number of anilines is 1. The zero-order valence-electron chi connectivity index (χ0n) is 18.3. The average Bonchev–Trinajstić information content (AvgIpc) is 3.03. The summed E-state index contributed by atoms with van der Waals surface area (Å²) >= 11 is 0. The van der Waals surface area contributed by atoms with Gasteiger partial charge in [0.2, 0.25) is 5.91 Å². The number of carbonyl (C=O) groups excluding carboxylic acids is 1. The van der Waals surface area contributed by atoms with Gasteiger partial charge in [0.25, 0.3) is 0 Å². The zero-order chi connectivity index (χ0) is 22.0. The number of carbonyl (C=O) groups is 1. The largest absolute Gasteiger partial charge is 0.497 e. The number of rotatable bonds is 6. The summed E-state index contributed by atoms with van der Waals surface area (Å²) in [6, 6.07) is 13.1. The van der Waals surface area contributed by atoms with Gasteiger partial charge in [-0.3, -0.25) is 13.9 Å². The molecule has 0 saturated heterocycles. The van der Waals surface area contributed by atoms with Gasteiger partial charge in [-0.1, -0.05) is 6.07 Å². The van der Waals surface area contributed by atoms with E-state index in [9.17, 15) is 9.59 Å². The van der Waals surface area contributed by atoms with Crippen molar-refractivity contribution in [2.45, 2.75) is 32.2 Å². The molecule has 0 spiro atoms. The van der Waals surface area contributed by atoms with Crippen LogP contribution in [0, 0.1) is 11.8 Å². The van der Waals surface area contributed by atoms with Gasteiger partial charge in [-0.2, -0.15) is 0 Å². The predicted molar refractivity (Wildman–Crippen MR) is 121 cm³/mol. The first-order valence-electron chi connectivity index (χ1n) is 10.7. The van der Waals surface area contributed by atoms with Crippen molar-refractivity contribution in [3.63, 3.8) is 0 Å². The Labute approximate surface area is 181 Å². The highest BCUT2D eigenvalue weighted by molar-refractivity contribution is 5.92. The van der Waals surface area contributed by atoms with Crippen LogP contribution in [0.5, 0.6) is 11.5 Å². The second kappa shape index (κ2) is 8.88. The first kappa shape index (κ1) is 21.0. The Morgan fingerprint density at radius 1 is 1.00 bits per heavy atom. The summed E-state index contributed by atoms with van der Waals surface area (Å²) in [5.41, 5.74) is 2.53. The van der Waals surface area contributed by atoms with Crippen LogP contribution in [0.15, 0.2) is 47.3 Å². The van der Waals surface area contributed by atoms with Gasteiger partial charge in [0.1, 0.15) is 11.5 Å². The lowest BCUT2D eigenvalue weighted by Gasteiger charge is -2.28. The minimum absolute atomic E-state index is 0.00761. The summed E-state index contributed by atoms with van der Waals surface area (Å²) in [6.07, 6.45) is 3.48. The van der Waals surface area contributed by atoms with E-state index >= 15 is 0 Å². The molecular formula is C24H29N3O4. The normalized spacial score (nSPS) is 18.7. The van der Waals surface area contributed by atoms with Crippen molar-refractivity contribution in [2.24, 2.45) is 18.9 Å². The Bertz CT molecular complexity index is 1140. The molecule has 0 bridgehead atoms. The first-order chi connectivity index (χ1) is 15.0. The molecule has 1 N–H and O–H groups in total.